The first kappa shape index (κ1) is 26.7. The van der Waals surface area contributed by atoms with Crippen LogP contribution in [0.1, 0.15) is 36.5 Å². The van der Waals surface area contributed by atoms with Crippen LogP contribution in [-0.2, 0) is 28.7 Å². The molecule has 0 spiro atoms. The molecule has 0 saturated carbocycles. The monoisotopic (exact) mass is 501 g/mol. The summed E-state index contributed by atoms with van der Waals surface area (Å²) in [6, 6.07) is 5.44. The average Bonchev–Trinajstić information content (AvgIpc) is 3.33. The number of benzene rings is 1. The molecule has 1 atom stereocenters. The molecule has 1 N–H and O–H groups in total. The van der Waals surface area contributed by atoms with Crippen LogP contribution in [-0.4, -0.2) is 45.5 Å². The van der Waals surface area contributed by atoms with Crippen molar-refractivity contribution in [3.63, 3.8) is 0 Å². The van der Waals surface area contributed by atoms with Crippen molar-refractivity contribution >= 4 is 22.8 Å². The normalized spacial score (nSPS) is 17.2. The molecule has 2 aromatic heterocycles. The molecule has 190 valence electrons. The van der Waals surface area contributed by atoms with Gasteiger partial charge in [-0.1, -0.05) is 18.2 Å². The number of carbonyl (C=O) groups excluding carboxylic acids is 1. The van der Waals surface area contributed by atoms with Crippen LogP contribution in [0, 0.1) is 18.7 Å². The van der Waals surface area contributed by atoms with E-state index in [-0.39, 0.29) is 30.1 Å². The number of amides is 1. The first-order valence-corrected chi connectivity index (χ1v) is 11.0. The number of alkyl halides is 2. The van der Waals surface area contributed by atoms with E-state index in [0.29, 0.717) is 35.4 Å². The van der Waals surface area contributed by atoms with E-state index in [2.05, 4.69) is 28.1 Å². The fourth-order valence-electron chi connectivity index (χ4n) is 4.37. The minimum absolute atomic E-state index is 0.0517. The highest BCUT2D eigenvalue weighted by Crippen LogP contribution is 2.35. The molecule has 8 nitrogen and oxygen atoms in total. The Hall–Kier alpha value is -3.91. The van der Waals surface area contributed by atoms with E-state index in [9.17, 15) is 22.8 Å². The molecular formula is C25H26F3N5O3. The third-order valence-electron chi connectivity index (χ3n) is 6.35. The van der Waals surface area contributed by atoms with E-state index in [1.807, 2.05) is 0 Å². The first-order chi connectivity index (χ1) is 17.2. The molecule has 1 aromatic carbocycles. The van der Waals surface area contributed by atoms with Gasteiger partial charge in [-0.05, 0) is 6.07 Å². The number of hydrogen-bond acceptors (Lipinski definition) is 6. The second-order valence-electron chi connectivity index (χ2n) is 8.25. The van der Waals surface area contributed by atoms with Gasteiger partial charge in [0.1, 0.15) is 29.2 Å². The second-order valence-corrected chi connectivity index (χ2v) is 8.25. The summed E-state index contributed by atoms with van der Waals surface area (Å²) in [6.07, 6.45) is 6.77. The van der Waals surface area contributed by atoms with Gasteiger partial charge in [0, 0.05) is 46.2 Å². The summed E-state index contributed by atoms with van der Waals surface area (Å²) in [5, 5.41) is 3.45. The van der Waals surface area contributed by atoms with Gasteiger partial charge in [0.2, 0.25) is 5.91 Å². The molecule has 0 aliphatic carbocycles. The van der Waals surface area contributed by atoms with Crippen LogP contribution in [0.5, 0.6) is 0 Å². The highest BCUT2D eigenvalue weighted by Gasteiger charge is 2.43. The number of nitrogens with one attached hydrogen (secondary N) is 1. The van der Waals surface area contributed by atoms with Gasteiger partial charge >= 0.3 is 0 Å². The number of hydrogen-bond donors (Lipinski definition) is 1. The molecule has 1 fully saturated rings. The number of terminal acetylenes is 1. The Labute approximate surface area is 206 Å². The molecule has 36 heavy (non-hydrogen) atoms. The number of ether oxygens (including phenoxy) is 1. The Bertz CT molecular complexity index is 1360. The van der Waals surface area contributed by atoms with E-state index in [1.165, 1.54) is 37.1 Å². The van der Waals surface area contributed by atoms with Gasteiger partial charge in [0.25, 0.3) is 12.0 Å². The Kier molecular flexibility index (Phi) is 8.00. The molecule has 0 radical (unpaired) electrons. The third kappa shape index (κ3) is 4.77. The van der Waals surface area contributed by atoms with Gasteiger partial charge in [-0.3, -0.25) is 14.2 Å². The minimum Gasteiger partial charge on any atom is -0.371 e. The smallest absolute Gasteiger partial charge is 0.266 e. The SMILES string of the molecule is C#C.COC1(c2cc3c(NCc4cccc(C(F)F)c4F)ncnc3n(C)c2=O)CCN(C(C)=O)C1. The number of aromatic nitrogens is 3. The maximum Gasteiger partial charge on any atom is 0.266 e. The van der Waals surface area contributed by atoms with Crippen LogP contribution in [0.15, 0.2) is 35.4 Å². The summed E-state index contributed by atoms with van der Waals surface area (Å²) in [6.45, 7) is 2.02. The van der Waals surface area contributed by atoms with Gasteiger partial charge in [-0.2, -0.15) is 0 Å². The highest BCUT2D eigenvalue weighted by molar-refractivity contribution is 5.87. The van der Waals surface area contributed by atoms with Crippen molar-refractivity contribution in [2.24, 2.45) is 7.05 Å². The number of anilines is 1. The van der Waals surface area contributed by atoms with Crippen molar-refractivity contribution in [3.05, 3.63) is 63.5 Å². The van der Waals surface area contributed by atoms with E-state index >= 15 is 0 Å². The van der Waals surface area contributed by atoms with Crippen LogP contribution in [0.2, 0.25) is 0 Å². The van der Waals surface area contributed by atoms with Gasteiger partial charge in [0.05, 0.1) is 23.1 Å². The minimum atomic E-state index is -2.93. The largest absolute Gasteiger partial charge is 0.371 e. The average molecular weight is 502 g/mol. The highest BCUT2D eigenvalue weighted by atomic mass is 19.3. The lowest BCUT2D eigenvalue weighted by Crippen LogP contribution is -2.40. The summed E-state index contributed by atoms with van der Waals surface area (Å²) >= 11 is 0. The van der Waals surface area contributed by atoms with Crippen molar-refractivity contribution in [2.45, 2.75) is 31.9 Å². The van der Waals surface area contributed by atoms with Crippen LogP contribution < -0.4 is 10.9 Å². The fourth-order valence-corrected chi connectivity index (χ4v) is 4.37. The van der Waals surface area contributed by atoms with Crippen LogP contribution in [0.4, 0.5) is 19.0 Å². The number of pyridine rings is 1. The molecule has 1 saturated heterocycles. The Morgan fingerprint density at radius 2 is 2.03 bits per heavy atom. The number of rotatable bonds is 6. The molecule has 1 aliphatic rings. The van der Waals surface area contributed by atoms with E-state index in [1.54, 1.807) is 18.0 Å². The summed E-state index contributed by atoms with van der Waals surface area (Å²) in [4.78, 5) is 35.2. The summed E-state index contributed by atoms with van der Waals surface area (Å²) in [7, 11) is 3.06. The van der Waals surface area contributed by atoms with Crippen molar-refractivity contribution in [1.29, 1.82) is 0 Å². The predicted molar refractivity (Wildman–Crippen MR) is 129 cm³/mol. The Balaban J connectivity index is 0.00000176. The number of aryl methyl sites for hydroxylation is 1. The van der Waals surface area contributed by atoms with Gasteiger partial charge in [-0.15, -0.1) is 12.8 Å². The van der Waals surface area contributed by atoms with Crippen LogP contribution in [0.25, 0.3) is 11.0 Å². The van der Waals surface area contributed by atoms with E-state index in [0.717, 1.165) is 6.07 Å². The van der Waals surface area contributed by atoms with E-state index < -0.39 is 23.4 Å². The summed E-state index contributed by atoms with van der Waals surface area (Å²) in [5.41, 5.74) is -1.26. The summed E-state index contributed by atoms with van der Waals surface area (Å²) < 4.78 is 47.7. The zero-order valence-corrected chi connectivity index (χ0v) is 20.1. The zero-order chi connectivity index (χ0) is 26.6. The number of methoxy groups -OCH3 is 1. The molecule has 3 heterocycles. The van der Waals surface area contributed by atoms with E-state index in [4.69, 9.17) is 4.74 Å². The molecule has 1 unspecified atom stereocenters. The standard InChI is InChI=1S/C23H24F3N5O3.C2H2/c1-13(32)31-8-7-23(11-31,34-3)17-9-16-20(28-12-29-21(16)30(2)22(17)33)27-10-14-5-4-6-15(18(14)24)19(25)26;1-2/h4-6,9,12,19H,7-8,10-11H2,1-3H3,(H,27,28,29);1-2H. The number of fused-ring (bicyclic) bond motifs is 1. The number of likely N-dealkylation sites (tertiary alicyclic amines) is 1. The van der Waals surface area contributed by atoms with Crippen molar-refractivity contribution < 1.29 is 22.7 Å². The molecule has 1 aliphatic heterocycles. The maximum atomic E-state index is 14.5. The molecule has 1 amide bonds. The first-order valence-electron chi connectivity index (χ1n) is 11.0. The fraction of sp³-hybridized carbons (Fsp3) is 0.360. The van der Waals surface area contributed by atoms with Gasteiger partial charge < -0.3 is 15.0 Å². The molecule has 11 heteroatoms. The Morgan fingerprint density at radius 3 is 2.64 bits per heavy atom. The Morgan fingerprint density at radius 1 is 1.31 bits per heavy atom. The zero-order valence-electron chi connectivity index (χ0n) is 20.1. The van der Waals surface area contributed by atoms with Crippen molar-refractivity contribution in [2.75, 3.05) is 25.5 Å². The van der Waals surface area contributed by atoms with Crippen molar-refractivity contribution in [1.82, 2.24) is 19.4 Å². The molecule has 3 aromatic rings. The third-order valence-corrected chi connectivity index (χ3v) is 6.35. The predicted octanol–water partition coefficient (Wildman–Crippen LogP) is 3.36. The van der Waals surface area contributed by atoms with Gasteiger partial charge in [-0.25, -0.2) is 23.1 Å². The lowest BCUT2D eigenvalue weighted by Gasteiger charge is -2.28. The maximum absolute atomic E-state index is 14.5. The number of carbonyl (C=O) groups is 1. The molecule has 4 rings (SSSR count). The van der Waals surface area contributed by atoms with Crippen LogP contribution in [0.3, 0.4) is 0 Å². The lowest BCUT2D eigenvalue weighted by molar-refractivity contribution is -0.129. The lowest BCUT2D eigenvalue weighted by atomic mass is 9.93. The van der Waals surface area contributed by atoms with Crippen LogP contribution >= 0.6 is 0 Å². The quantitative estimate of drug-likeness (QED) is 0.521. The van der Waals surface area contributed by atoms with Gasteiger partial charge in [0.15, 0.2) is 0 Å². The number of halogens is 3. The van der Waals surface area contributed by atoms with Crippen molar-refractivity contribution in [3.8, 4) is 12.8 Å². The molecular weight excluding hydrogens is 475 g/mol. The topological polar surface area (TPSA) is 89.3 Å². The second kappa shape index (κ2) is 10.8. The summed E-state index contributed by atoms with van der Waals surface area (Å²) in [5.74, 6) is -0.795. The molecule has 0 bridgehead atoms. The number of nitrogens with zero attached hydrogens (tertiary/aromatic N) is 4.